The zero-order valence-corrected chi connectivity index (χ0v) is 15.8. The number of benzene rings is 3. The number of halogens is 1. The second kappa shape index (κ2) is 9.11. The first kappa shape index (κ1) is 18.1. The van der Waals surface area contributed by atoms with Crippen LogP contribution in [0.2, 0.25) is 0 Å². The van der Waals surface area contributed by atoms with Gasteiger partial charge in [0.2, 0.25) is 0 Å². The molecule has 0 aliphatic carbocycles. The number of carbonyl (C=O) groups is 1. The molecule has 0 aliphatic rings. The predicted octanol–water partition coefficient (Wildman–Crippen LogP) is 5.02. The van der Waals surface area contributed by atoms with Crippen LogP contribution < -0.4 is 5.43 Å². The van der Waals surface area contributed by atoms with Gasteiger partial charge in [0.15, 0.2) is 0 Å². The Balaban J connectivity index is 1.76. The molecule has 3 nitrogen and oxygen atoms in total. The van der Waals surface area contributed by atoms with Crippen LogP contribution in [0.3, 0.4) is 0 Å². The lowest BCUT2D eigenvalue weighted by Crippen LogP contribution is -2.21. The predicted molar refractivity (Wildman–Crippen MR) is 109 cm³/mol. The van der Waals surface area contributed by atoms with Gasteiger partial charge in [0, 0.05) is 28.6 Å². The standard InChI is InChI=1S/C22H19BrN2O/c23-20-13-11-19(12-14-20)22(26)25-24-21(15-17-7-3-1-4-8-17)16-18-9-5-2-6-10-18/h1-14H,15-16H2,(H,25,26). The lowest BCUT2D eigenvalue weighted by molar-refractivity contribution is 0.0954. The Labute approximate surface area is 161 Å². The van der Waals surface area contributed by atoms with Crippen molar-refractivity contribution in [3.63, 3.8) is 0 Å². The van der Waals surface area contributed by atoms with Gasteiger partial charge in [-0.25, -0.2) is 5.43 Å². The van der Waals surface area contributed by atoms with Crippen molar-refractivity contribution < 1.29 is 4.79 Å². The van der Waals surface area contributed by atoms with E-state index < -0.39 is 0 Å². The zero-order chi connectivity index (χ0) is 18.2. The number of carbonyl (C=O) groups excluding carboxylic acids is 1. The molecule has 3 aromatic carbocycles. The lowest BCUT2D eigenvalue weighted by Gasteiger charge is -2.08. The van der Waals surface area contributed by atoms with Gasteiger partial charge in [0.05, 0.1) is 0 Å². The Morgan fingerprint density at radius 2 is 1.27 bits per heavy atom. The number of amides is 1. The molecule has 0 saturated carbocycles. The molecule has 26 heavy (non-hydrogen) atoms. The first-order valence-corrected chi connectivity index (χ1v) is 9.19. The van der Waals surface area contributed by atoms with E-state index >= 15 is 0 Å². The molecule has 0 spiro atoms. The van der Waals surface area contributed by atoms with E-state index in [1.165, 1.54) is 11.1 Å². The van der Waals surface area contributed by atoms with Crippen LogP contribution in [0.1, 0.15) is 21.5 Å². The fourth-order valence-electron chi connectivity index (χ4n) is 2.60. The van der Waals surface area contributed by atoms with Gasteiger partial charge in [-0.15, -0.1) is 0 Å². The van der Waals surface area contributed by atoms with Crippen LogP contribution in [0.25, 0.3) is 0 Å². The smallest absolute Gasteiger partial charge is 0.267 e. The van der Waals surface area contributed by atoms with Gasteiger partial charge in [0.1, 0.15) is 0 Å². The summed E-state index contributed by atoms with van der Waals surface area (Å²) in [4.78, 5) is 12.3. The number of hydrazone groups is 1. The van der Waals surface area contributed by atoms with Gasteiger partial charge in [-0.05, 0) is 35.4 Å². The monoisotopic (exact) mass is 406 g/mol. The molecule has 3 rings (SSSR count). The summed E-state index contributed by atoms with van der Waals surface area (Å²) in [6.45, 7) is 0. The average Bonchev–Trinajstić information content (AvgIpc) is 2.68. The zero-order valence-electron chi connectivity index (χ0n) is 14.2. The van der Waals surface area contributed by atoms with E-state index in [9.17, 15) is 4.79 Å². The fraction of sp³-hybridized carbons (Fsp3) is 0.0909. The molecular formula is C22H19BrN2O. The molecule has 0 atom stereocenters. The lowest BCUT2D eigenvalue weighted by atomic mass is 10.0. The highest BCUT2D eigenvalue weighted by Gasteiger charge is 2.07. The number of nitrogens with zero attached hydrogens (tertiary/aromatic N) is 1. The van der Waals surface area contributed by atoms with Gasteiger partial charge < -0.3 is 0 Å². The largest absolute Gasteiger partial charge is 0.271 e. The van der Waals surface area contributed by atoms with Crippen LogP contribution >= 0.6 is 15.9 Å². The Bertz CT molecular complexity index is 832. The molecule has 130 valence electrons. The average molecular weight is 407 g/mol. The molecule has 0 aliphatic heterocycles. The second-order valence-electron chi connectivity index (χ2n) is 5.95. The molecular weight excluding hydrogens is 388 g/mol. The maximum atomic E-state index is 12.3. The van der Waals surface area contributed by atoms with E-state index in [2.05, 4.69) is 50.7 Å². The minimum absolute atomic E-state index is 0.212. The SMILES string of the molecule is O=C(NN=C(Cc1ccccc1)Cc1ccccc1)c1ccc(Br)cc1. The maximum absolute atomic E-state index is 12.3. The van der Waals surface area contributed by atoms with Crippen LogP contribution in [0.4, 0.5) is 0 Å². The summed E-state index contributed by atoms with van der Waals surface area (Å²) < 4.78 is 0.936. The number of rotatable bonds is 6. The molecule has 0 saturated heterocycles. The Hall–Kier alpha value is -2.72. The van der Waals surface area contributed by atoms with Gasteiger partial charge >= 0.3 is 0 Å². The molecule has 3 aromatic rings. The Morgan fingerprint density at radius 3 is 1.77 bits per heavy atom. The van der Waals surface area contributed by atoms with Gasteiger partial charge in [-0.2, -0.15) is 5.10 Å². The molecule has 1 N–H and O–H groups in total. The van der Waals surface area contributed by atoms with E-state index in [4.69, 9.17) is 0 Å². The van der Waals surface area contributed by atoms with Crippen LogP contribution in [-0.4, -0.2) is 11.6 Å². The Morgan fingerprint density at radius 1 is 0.769 bits per heavy atom. The fourth-order valence-corrected chi connectivity index (χ4v) is 2.86. The third-order valence-electron chi connectivity index (χ3n) is 3.92. The Kier molecular flexibility index (Phi) is 6.34. The molecule has 0 heterocycles. The number of nitrogens with one attached hydrogen (secondary N) is 1. The van der Waals surface area contributed by atoms with Crippen LogP contribution in [0, 0.1) is 0 Å². The summed E-state index contributed by atoms with van der Waals surface area (Å²) in [5, 5.41) is 4.42. The normalized spacial score (nSPS) is 10.2. The molecule has 0 fully saturated rings. The second-order valence-corrected chi connectivity index (χ2v) is 6.87. The summed E-state index contributed by atoms with van der Waals surface area (Å²) in [5.74, 6) is -0.212. The van der Waals surface area contributed by atoms with Crippen LogP contribution in [0.5, 0.6) is 0 Å². The summed E-state index contributed by atoms with van der Waals surface area (Å²) in [7, 11) is 0. The molecule has 0 unspecified atom stereocenters. The molecule has 4 heteroatoms. The van der Waals surface area contributed by atoms with Crippen molar-refractivity contribution in [2.45, 2.75) is 12.8 Å². The minimum Gasteiger partial charge on any atom is -0.267 e. The maximum Gasteiger partial charge on any atom is 0.271 e. The molecule has 1 amide bonds. The number of hydrogen-bond donors (Lipinski definition) is 1. The van der Waals surface area contributed by atoms with E-state index in [1.807, 2.05) is 48.5 Å². The molecule has 0 aromatic heterocycles. The van der Waals surface area contributed by atoms with Gasteiger partial charge in [-0.1, -0.05) is 76.6 Å². The summed E-state index contributed by atoms with van der Waals surface area (Å²) in [5.41, 5.74) is 6.52. The van der Waals surface area contributed by atoms with Gasteiger partial charge in [0.25, 0.3) is 5.91 Å². The van der Waals surface area contributed by atoms with Crippen molar-refractivity contribution in [2.75, 3.05) is 0 Å². The summed E-state index contributed by atoms with van der Waals surface area (Å²) >= 11 is 3.37. The topological polar surface area (TPSA) is 41.5 Å². The third kappa shape index (κ3) is 5.39. The number of hydrogen-bond acceptors (Lipinski definition) is 2. The van der Waals surface area contributed by atoms with Crippen LogP contribution in [-0.2, 0) is 12.8 Å². The molecule has 0 radical (unpaired) electrons. The van der Waals surface area contributed by atoms with Crippen molar-refractivity contribution in [3.8, 4) is 0 Å². The molecule has 0 bridgehead atoms. The van der Waals surface area contributed by atoms with Crippen molar-refractivity contribution in [1.82, 2.24) is 5.43 Å². The minimum atomic E-state index is -0.212. The first-order chi connectivity index (χ1) is 12.7. The highest BCUT2D eigenvalue weighted by molar-refractivity contribution is 9.10. The van der Waals surface area contributed by atoms with E-state index in [-0.39, 0.29) is 5.91 Å². The third-order valence-corrected chi connectivity index (χ3v) is 4.45. The van der Waals surface area contributed by atoms with E-state index in [1.54, 1.807) is 12.1 Å². The quantitative estimate of drug-likeness (QED) is 0.453. The summed E-state index contributed by atoms with van der Waals surface area (Å²) in [6, 6.07) is 27.5. The highest BCUT2D eigenvalue weighted by Crippen LogP contribution is 2.11. The first-order valence-electron chi connectivity index (χ1n) is 8.40. The summed E-state index contributed by atoms with van der Waals surface area (Å²) in [6.07, 6.45) is 1.38. The van der Waals surface area contributed by atoms with Crippen LogP contribution in [0.15, 0.2) is 94.5 Å². The highest BCUT2D eigenvalue weighted by atomic mass is 79.9. The van der Waals surface area contributed by atoms with Crippen molar-refractivity contribution >= 4 is 27.5 Å². The van der Waals surface area contributed by atoms with Crippen molar-refractivity contribution in [2.24, 2.45) is 5.10 Å². The van der Waals surface area contributed by atoms with E-state index in [0.29, 0.717) is 18.4 Å². The van der Waals surface area contributed by atoms with E-state index in [0.717, 1.165) is 10.2 Å². The van der Waals surface area contributed by atoms with Gasteiger partial charge in [-0.3, -0.25) is 4.79 Å². The van der Waals surface area contributed by atoms with Crippen molar-refractivity contribution in [3.05, 3.63) is 106 Å². The van der Waals surface area contributed by atoms with Crippen molar-refractivity contribution in [1.29, 1.82) is 0 Å².